The summed E-state index contributed by atoms with van der Waals surface area (Å²) in [5.74, 6) is 0.552. The van der Waals surface area contributed by atoms with E-state index >= 15 is 0 Å². The summed E-state index contributed by atoms with van der Waals surface area (Å²) in [6, 6.07) is 2.99. The lowest BCUT2D eigenvalue weighted by molar-refractivity contribution is 0.553. The molecule has 0 spiro atoms. The summed E-state index contributed by atoms with van der Waals surface area (Å²) in [5, 5.41) is 10.5. The first-order valence-electron chi connectivity index (χ1n) is 6.65. The van der Waals surface area contributed by atoms with Crippen LogP contribution in [0.25, 0.3) is 0 Å². The van der Waals surface area contributed by atoms with Gasteiger partial charge in [-0.1, -0.05) is 12.1 Å². The molecule has 0 saturated heterocycles. The topological polar surface area (TPSA) is 102 Å². The van der Waals surface area contributed by atoms with Crippen molar-refractivity contribution in [3.63, 3.8) is 0 Å². The molecule has 21 heavy (non-hydrogen) atoms. The molecule has 2 N–H and O–H groups in total. The van der Waals surface area contributed by atoms with Crippen molar-refractivity contribution in [2.75, 3.05) is 18.4 Å². The molecule has 0 atom stereocenters. The Bertz CT molecular complexity index is 656. The van der Waals surface area contributed by atoms with Crippen LogP contribution in [-0.4, -0.2) is 41.5 Å². The number of anilines is 1. The van der Waals surface area contributed by atoms with Gasteiger partial charge in [-0.3, -0.25) is 4.68 Å². The second kappa shape index (κ2) is 7.14. The maximum absolute atomic E-state index is 12.2. The molecule has 0 fully saturated rings. The van der Waals surface area contributed by atoms with Gasteiger partial charge in [0.2, 0.25) is 10.0 Å². The first kappa shape index (κ1) is 15.4. The van der Waals surface area contributed by atoms with Crippen molar-refractivity contribution in [1.82, 2.24) is 24.7 Å². The van der Waals surface area contributed by atoms with Gasteiger partial charge in [0.25, 0.3) is 0 Å². The number of hydrogen-bond donors (Lipinski definition) is 2. The van der Waals surface area contributed by atoms with Crippen LogP contribution >= 0.6 is 0 Å². The van der Waals surface area contributed by atoms with Gasteiger partial charge in [-0.2, -0.15) is 0 Å². The smallest absolute Gasteiger partial charge is 0.240 e. The van der Waals surface area contributed by atoms with E-state index in [2.05, 4.69) is 25.3 Å². The predicted octanol–water partition coefficient (Wildman–Crippen LogP) is 0.473. The maximum atomic E-state index is 12.2. The highest BCUT2D eigenvalue weighted by atomic mass is 32.2. The number of pyridine rings is 1. The van der Waals surface area contributed by atoms with Crippen molar-refractivity contribution >= 4 is 15.8 Å². The highest BCUT2D eigenvalue weighted by molar-refractivity contribution is 7.89. The summed E-state index contributed by atoms with van der Waals surface area (Å²) in [6.07, 6.45) is 5.63. The fourth-order valence-corrected chi connectivity index (χ4v) is 2.69. The van der Waals surface area contributed by atoms with E-state index in [0.29, 0.717) is 12.4 Å². The molecule has 8 nitrogen and oxygen atoms in total. The Balaban J connectivity index is 1.98. The molecule has 0 bridgehead atoms. The van der Waals surface area contributed by atoms with E-state index in [1.54, 1.807) is 17.1 Å². The highest BCUT2D eigenvalue weighted by Crippen LogP contribution is 2.12. The molecule has 0 radical (unpaired) electrons. The molecule has 9 heteroatoms. The SMILES string of the molecule is CCCNc1cc(S(=O)(=O)NCCn2ccnn2)ccn1. The van der Waals surface area contributed by atoms with Crippen LogP contribution in [0.1, 0.15) is 13.3 Å². The van der Waals surface area contributed by atoms with Gasteiger partial charge < -0.3 is 5.32 Å². The Morgan fingerprint density at radius 2 is 2.14 bits per heavy atom. The third-order valence-corrected chi connectivity index (χ3v) is 4.16. The summed E-state index contributed by atoms with van der Waals surface area (Å²) < 4.78 is 28.4. The van der Waals surface area contributed by atoms with Gasteiger partial charge >= 0.3 is 0 Å². The van der Waals surface area contributed by atoms with Gasteiger partial charge in [0.1, 0.15) is 5.82 Å². The van der Waals surface area contributed by atoms with Crippen LogP contribution in [0, 0.1) is 0 Å². The fraction of sp³-hybridized carbons (Fsp3) is 0.417. The maximum Gasteiger partial charge on any atom is 0.240 e. The van der Waals surface area contributed by atoms with E-state index < -0.39 is 10.0 Å². The molecular formula is C12H18N6O2S. The van der Waals surface area contributed by atoms with E-state index in [0.717, 1.165) is 13.0 Å². The molecule has 2 aromatic heterocycles. The third kappa shape index (κ3) is 4.50. The zero-order valence-corrected chi connectivity index (χ0v) is 12.5. The molecule has 0 unspecified atom stereocenters. The second-order valence-electron chi connectivity index (χ2n) is 4.37. The van der Waals surface area contributed by atoms with E-state index in [1.807, 2.05) is 6.92 Å². The van der Waals surface area contributed by atoms with Gasteiger partial charge in [0.05, 0.1) is 17.6 Å². The zero-order valence-electron chi connectivity index (χ0n) is 11.7. The minimum Gasteiger partial charge on any atom is -0.370 e. The largest absolute Gasteiger partial charge is 0.370 e. The van der Waals surface area contributed by atoms with Crippen LogP contribution in [0.5, 0.6) is 0 Å². The molecule has 0 amide bonds. The molecule has 0 aliphatic rings. The van der Waals surface area contributed by atoms with E-state index in [9.17, 15) is 8.42 Å². The van der Waals surface area contributed by atoms with Crippen LogP contribution in [-0.2, 0) is 16.6 Å². The number of sulfonamides is 1. The monoisotopic (exact) mass is 310 g/mol. The Kier molecular flexibility index (Phi) is 5.23. The van der Waals surface area contributed by atoms with Gasteiger partial charge in [0.15, 0.2) is 0 Å². The minimum atomic E-state index is -3.55. The predicted molar refractivity (Wildman–Crippen MR) is 78.2 cm³/mol. The number of hydrogen-bond acceptors (Lipinski definition) is 6. The first-order chi connectivity index (χ1) is 10.1. The second-order valence-corrected chi connectivity index (χ2v) is 6.13. The van der Waals surface area contributed by atoms with Crippen molar-refractivity contribution in [1.29, 1.82) is 0 Å². The molecule has 114 valence electrons. The van der Waals surface area contributed by atoms with Crippen LogP contribution in [0.3, 0.4) is 0 Å². The average Bonchev–Trinajstić information content (AvgIpc) is 2.98. The molecule has 2 heterocycles. The summed E-state index contributed by atoms with van der Waals surface area (Å²) in [4.78, 5) is 4.28. The van der Waals surface area contributed by atoms with E-state index in [1.165, 1.54) is 18.3 Å². The summed E-state index contributed by atoms with van der Waals surface area (Å²) in [5.41, 5.74) is 0. The fourth-order valence-electron chi connectivity index (χ4n) is 1.66. The van der Waals surface area contributed by atoms with Crippen molar-refractivity contribution in [3.8, 4) is 0 Å². The summed E-state index contributed by atoms with van der Waals surface area (Å²) >= 11 is 0. The quantitative estimate of drug-likeness (QED) is 0.735. The van der Waals surface area contributed by atoms with E-state index in [4.69, 9.17) is 0 Å². The molecule has 2 aromatic rings. The van der Waals surface area contributed by atoms with Crippen molar-refractivity contribution < 1.29 is 8.42 Å². The normalized spacial score (nSPS) is 11.5. The lowest BCUT2D eigenvalue weighted by Gasteiger charge is -2.08. The lowest BCUT2D eigenvalue weighted by atomic mass is 10.4. The van der Waals surface area contributed by atoms with Crippen LogP contribution in [0.2, 0.25) is 0 Å². The Hall–Kier alpha value is -2.00. The Labute approximate surface area is 123 Å². The van der Waals surface area contributed by atoms with Crippen LogP contribution < -0.4 is 10.0 Å². The number of nitrogens with one attached hydrogen (secondary N) is 2. The van der Waals surface area contributed by atoms with Gasteiger partial charge in [0, 0.05) is 31.5 Å². The molecule has 0 aromatic carbocycles. The highest BCUT2D eigenvalue weighted by Gasteiger charge is 2.14. The van der Waals surface area contributed by atoms with Crippen molar-refractivity contribution in [2.45, 2.75) is 24.8 Å². The Morgan fingerprint density at radius 3 is 2.86 bits per heavy atom. The lowest BCUT2D eigenvalue weighted by Crippen LogP contribution is -2.27. The van der Waals surface area contributed by atoms with Crippen molar-refractivity contribution in [3.05, 3.63) is 30.7 Å². The van der Waals surface area contributed by atoms with E-state index in [-0.39, 0.29) is 11.4 Å². The molecule has 0 aliphatic heterocycles. The van der Waals surface area contributed by atoms with Gasteiger partial charge in [-0.05, 0) is 12.5 Å². The summed E-state index contributed by atoms with van der Waals surface area (Å²) in [6.45, 7) is 3.44. The third-order valence-electron chi connectivity index (χ3n) is 2.70. The van der Waals surface area contributed by atoms with Gasteiger partial charge in [-0.15, -0.1) is 5.10 Å². The average molecular weight is 310 g/mol. The first-order valence-corrected chi connectivity index (χ1v) is 8.14. The number of aromatic nitrogens is 4. The number of rotatable bonds is 8. The summed E-state index contributed by atoms with van der Waals surface area (Å²) in [7, 11) is -3.55. The van der Waals surface area contributed by atoms with Gasteiger partial charge in [-0.25, -0.2) is 18.1 Å². The molecule has 0 aliphatic carbocycles. The standard InChI is InChI=1S/C12H18N6O2S/c1-2-4-13-12-10-11(3-5-14-12)21(19,20)16-7-9-18-8-6-15-17-18/h3,5-6,8,10,16H,2,4,7,9H2,1H3,(H,13,14). The molecule has 2 rings (SSSR count). The molecular weight excluding hydrogens is 292 g/mol. The van der Waals surface area contributed by atoms with Crippen LogP contribution in [0.4, 0.5) is 5.82 Å². The zero-order chi connectivity index (χ0) is 15.1. The van der Waals surface area contributed by atoms with Crippen molar-refractivity contribution in [2.24, 2.45) is 0 Å². The van der Waals surface area contributed by atoms with Crippen LogP contribution in [0.15, 0.2) is 35.6 Å². The Morgan fingerprint density at radius 1 is 1.29 bits per heavy atom. The number of nitrogens with zero attached hydrogens (tertiary/aromatic N) is 4. The molecule has 0 saturated carbocycles. The minimum absolute atomic E-state index is 0.190.